The van der Waals surface area contributed by atoms with Gasteiger partial charge in [0.2, 0.25) is 0 Å². The molecule has 0 amide bonds. The molecule has 1 aromatic rings. The Kier molecular flexibility index (Phi) is 3.02. The molecule has 5 nitrogen and oxygen atoms in total. The van der Waals surface area contributed by atoms with Crippen molar-refractivity contribution in [2.24, 2.45) is 0 Å². The summed E-state index contributed by atoms with van der Waals surface area (Å²) < 4.78 is 4.47. The number of methoxy groups -OCH3 is 1. The Hall–Kier alpha value is -2.09. The summed E-state index contributed by atoms with van der Waals surface area (Å²) in [7, 11) is 1.29. The third-order valence-electron chi connectivity index (χ3n) is 1.67. The molecular formula is C9H9N3O2. The number of nitrogens with two attached hydrogens (primary N) is 1. The van der Waals surface area contributed by atoms with Crippen molar-refractivity contribution in [1.82, 2.24) is 4.98 Å². The molecule has 0 saturated heterocycles. The number of carbonyl (C=O) groups excluding carboxylic acids is 1. The summed E-state index contributed by atoms with van der Waals surface area (Å²) in [6, 6.07) is 3.38. The second-order valence-electron chi connectivity index (χ2n) is 2.62. The van der Waals surface area contributed by atoms with E-state index in [1.54, 1.807) is 0 Å². The highest BCUT2D eigenvalue weighted by Crippen LogP contribution is 2.11. The van der Waals surface area contributed by atoms with Crippen molar-refractivity contribution in [2.75, 3.05) is 12.8 Å². The summed E-state index contributed by atoms with van der Waals surface area (Å²) in [5.74, 6) is -0.408. The second-order valence-corrected chi connectivity index (χ2v) is 2.62. The van der Waals surface area contributed by atoms with Crippen LogP contribution in [0.4, 0.5) is 5.69 Å². The summed E-state index contributed by atoms with van der Waals surface area (Å²) in [4.78, 5) is 14.8. The van der Waals surface area contributed by atoms with Crippen molar-refractivity contribution in [2.45, 2.75) is 6.42 Å². The normalized spacial score (nSPS) is 9.14. The van der Waals surface area contributed by atoms with Crippen molar-refractivity contribution >= 4 is 11.7 Å². The number of esters is 1. The van der Waals surface area contributed by atoms with E-state index in [4.69, 9.17) is 11.0 Å². The van der Waals surface area contributed by atoms with Crippen LogP contribution in [0.25, 0.3) is 0 Å². The number of hydrogen-bond acceptors (Lipinski definition) is 5. The van der Waals surface area contributed by atoms with Crippen LogP contribution >= 0.6 is 0 Å². The minimum atomic E-state index is -0.408. The average molecular weight is 191 g/mol. The molecule has 14 heavy (non-hydrogen) atoms. The smallest absolute Gasteiger partial charge is 0.311 e. The first-order valence-electron chi connectivity index (χ1n) is 3.88. The van der Waals surface area contributed by atoms with E-state index in [0.29, 0.717) is 16.9 Å². The van der Waals surface area contributed by atoms with Gasteiger partial charge in [0.15, 0.2) is 0 Å². The average Bonchev–Trinajstić information content (AvgIpc) is 2.20. The first kappa shape index (κ1) is 9.99. The lowest BCUT2D eigenvalue weighted by atomic mass is 10.2. The predicted molar refractivity (Wildman–Crippen MR) is 49.1 cm³/mol. The van der Waals surface area contributed by atoms with Crippen molar-refractivity contribution in [3.63, 3.8) is 0 Å². The molecule has 0 aliphatic carbocycles. The quantitative estimate of drug-likeness (QED) is 0.677. The summed E-state index contributed by atoms with van der Waals surface area (Å²) in [6.45, 7) is 0. The van der Waals surface area contributed by atoms with Crippen LogP contribution in [0.1, 0.15) is 11.3 Å². The summed E-state index contributed by atoms with van der Waals surface area (Å²) in [6.07, 6.45) is 1.39. The van der Waals surface area contributed by atoms with Crippen molar-refractivity contribution in [1.29, 1.82) is 5.26 Å². The van der Waals surface area contributed by atoms with E-state index in [9.17, 15) is 4.79 Å². The summed E-state index contributed by atoms with van der Waals surface area (Å²) >= 11 is 0. The molecule has 0 fully saturated rings. The van der Waals surface area contributed by atoms with Crippen LogP contribution in [0, 0.1) is 11.3 Å². The van der Waals surface area contributed by atoms with E-state index < -0.39 is 5.97 Å². The molecule has 0 saturated carbocycles. The Morgan fingerprint density at radius 2 is 2.50 bits per heavy atom. The minimum absolute atomic E-state index is 0.0219. The summed E-state index contributed by atoms with van der Waals surface area (Å²) in [5, 5.41) is 8.54. The van der Waals surface area contributed by atoms with Gasteiger partial charge in [-0.25, -0.2) is 0 Å². The van der Waals surface area contributed by atoms with Crippen LogP contribution in [0.3, 0.4) is 0 Å². The molecular weight excluding hydrogens is 182 g/mol. The van der Waals surface area contributed by atoms with E-state index in [0.717, 1.165) is 0 Å². The summed E-state index contributed by atoms with van der Waals surface area (Å²) in [5.41, 5.74) is 6.70. The van der Waals surface area contributed by atoms with Crippen LogP contribution < -0.4 is 5.73 Å². The fourth-order valence-corrected chi connectivity index (χ4v) is 0.928. The molecule has 0 unspecified atom stereocenters. The van der Waals surface area contributed by atoms with Crippen LogP contribution in [-0.2, 0) is 16.0 Å². The van der Waals surface area contributed by atoms with E-state index in [1.807, 2.05) is 6.07 Å². The number of anilines is 1. The topological polar surface area (TPSA) is 89.0 Å². The van der Waals surface area contributed by atoms with Crippen LogP contribution in [0.2, 0.25) is 0 Å². The van der Waals surface area contributed by atoms with Gasteiger partial charge >= 0.3 is 5.97 Å². The molecule has 0 spiro atoms. The molecule has 72 valence electrons. The number of rotatable bonds is 2. The lowest BCUT2D eigenvalue weighted by molar-refractivity contribution is -0.139. The number of hydrogen-bond donors (Lipinski definition) is 1. The highest BCUT2D eigenvalue weighted by atomic mass is 16.5. The largest absolute Gasteiger partial charge is 0.469 e. The Morgan fingerprint density at radius 1 is 1.79 bits per heavy atom. The highest BCUT2D eigenvalue weighted by molar-refractivity contribution is 5.73. The first-order chi connectivity index (χ1) is 6.67. The number of pyridine rings is 1. The maximum absolute atomic E-state index is 10.9. The van der Waals surface area contributed by atoms with E-state index in [-0.39, 0.29) is 6.42 Å². The van der Waals surface area contributed by atoms with E-state index in [1.165, 1.54) is 19.4 Å². The maximum atomic E-state index is 10.9. The molecule has 5 heteroatoms. The van der Waals surface area contributed by atoms with Gasteiger partial charge in [0.05, 0.1) is 30.5 Å². The number of nitriles is 1. The molecule has 0 bridgehead atoms. The van der Waals surface area contributed by atoms with Gasteiger partial charge in [0, 0.05) is 6.20 Å². The van der Waals surface area contributed by atoms with E-state index in [2.05, 4.69) is 9.72 Å². The number of nitrogens with zero attached hydrogens (tertiary/aromatic N) is 2. The fourth-order valence-electron chi connectivity index (χ4n) is 0.928. The zero-order chi connectivity index (χ0) is 10.6. The third kappa shape index (κ3) is 2.20. The Bertz CT molecular complexity index is 396. The zero-order valence-electron chi connectivity index (χ0n) is 7.65. The predicted octanol–water partition coefficient (Wildman–Crippen LogP) is 0.251. The van der Waals surface area contributed by atoms with E-state index >= 15 is 0 Å². The van der Waals surface area contributed by atoms with Crippen molar-refractivity contribution in [3.05, 3.63) is 23.5 Å². The lowest BCUT2D eigenvalue weighted by Gasteiger charge is -2.02. The van der Waals surface area contributed by atoms with Gasteiger partial charge in [-0.05, 0) is 6.07 Å². The lowest BCUT2D eigenvalue weighted by Crippen LogP contribution is -2.08. The molecule has 1 heterocycles. The standard InChI is InChI=1S/C9H9N3O2/c1-14-9(13)3-8-7(11)2-6(4-10)5-12-8/h2,5H,3,11H2,1H3. The maximum Gasteiger partial charge on any atom is 0.311 e. The monoisotopic (exact) mass is 191 g/mol. The molecule has 0 atom stereocenters. The molecule has 1 rings (SSSR count). The molecule has 2 N–H and O–H groups in total. The van der Waals surface area contributed by atoms with Crippen molar-refractivity contribution in [3.8, 4) is 6.07 Å². The molecule has 0 aliphatic rings. The molecule has 0 radical (unpaired) electrons. The Balaban J connectivity index is 2.90. The van der Waals surface area contributed by atoms with Crippen LogP contribution in [0.5, 0.6) is 0 Å². The van der Waals surface area contributed by atoms with Crippen LogP contribution in [0.15, 0.2) is 12.3 Å². The van der Waals surface area contributed by atoms with Gasteiger partial charge in [0.1, 0.15) is 6.07 Å². The molecule has 0 aliphatic heterocycles. The van der Waals surface area contributed by atoms with Gasteiger partial charge in [-0.15, -0.1) is 0 Å². The first-order valence-corrected chi connectivity index (χ1v) is 3.88. The second kappa shape index (κ2) is 4.23. The van der Waals surface area contributed by atoms with Gasteiger partial charge < -0.3 is 10.5 Å². The third-order valence-corrected chi connectivity index (χ3v) is 1.67. The Morgan fingerprint density at radius 3 is 3.00 bits per heavy atom. The van der Waals surface area contributed by atoms with Gasteiger partial charge in [-0.2, -0.15) is 5.26 Å². The fraction of sp³-hybridized carbons (Fsp3) is 0.222. The number of nitrogen functional groups attached to an aromatic ring is 1. The number of carbonyl (C=O) groups is 1. The SMILES string of the molecule is COC(=O)Cc1ncc(C#N)cc1N. The Labute approximate surface area is 81.1 Å². The van der Waals surface area contributed by atoms with Gasteiger partial charge in [0.25, 0.3) is 0 Å². The van der Waals surface area contributed by atoms with Gasteiger partial charge in [-0.3, -0.25) is 9.78 Å². The number of aromatic nitrogens is 1. The van der Waals surface area contributed by atoms with Crippen LogP contribution in [-0.4, -0.2) is 18.1 Å². The number of ether oxygens (including phenoxy) is 1. The minimum Gasteiger partial charge on any atom is -0.469 e. The molecule has 0 aromatic carbocycles. The van der Waals surface area contributed by atoms with Gasteiger partial charge in [-0.1, -0.05) is 0 Å². The van der Waals surface area contributed by atoms with Crippen molar-refractivity contribution < 1.29 is 9.53 Å². The highest BCUT2D eigenvalue weighted by Gasteiger charge is 2.08. The zero-order valence-corrected chi connectivity index (χ0v) is 7.65. The molecule has 1 aromatic heterocycles.